The monoisotopic (exact) mass is 222 g/mol. The standard InChI is InChI=1S/C12H6N4O/c13-4-8-1-7-3-11-15-12(17)6-16(11)10(7)2-9(8)5-14/h1-3H,6H2,(H,15,17). The molecule has 1 aromatic heterocycles. The van der Waals surface area contributed by atoms with Crippen molar-refractivity contribution in [2.24, 2.45) is 0 Å². The smallest absolute Gasteiger partial charge is 0.245 e. The number of fused-ring (bicyclic) bond motifs is 3. The van der Waals surface area contributed by atoms with E-state index in [1.807, 2.05) is 18.2 Å². The number of hydrogen-bond acceptors (Lipinski definition) is 3. The summed E-state index contributed by atoms with van der Waals surface area (Å²) >= 11 is 0. The van der Waals surface area contributed by atoms with Crippen LogP contribution in [0.1, 0.15) is 11.1 Å². The Labute approximate surface area is 96.5 Å². The maximum Gasteiger partial charge on any atom is 0.245 e. The summed E-state index contributed by atoms with van der Waals surface area (Å²) in [5.74, 6) is 0.647. The molecule has 80 valence electrons. The molecule has 5 nitrogen and oxygen atoms in total. The van der Waals surface area contributed by atoms with Crippen LogP contribution in [0.25, 0.3) is 10.9 Å². The largest absolute Gasteiger partial charge is 0.318 e. The Balaban J connectivity index is 2.35. The minimum atomic E-state index is -0.0650. The maximum absolute atomic E-state index is 11.2. The number of carbonyl (C=O) groups excluding carboxylic acids is 1. The van der Waals surface area contributed by atoms with Crippen LogP contribution in [0.15, 0.2) is 18.2 Å². The van der Waals surface area contributed by atoms with Crippen molar-refractivity contribution in [1.29, 1.82) is 10.5 Å². The van der Waals surface area contributed by atoms with E-state index in [0.717, 1.165) is 10.9 Å². The van der Waals surface area contributed by atoms with Crippen LogP contribution in [0.2, 0.25) is 0 Å². The molecule has 3 rings (SSSR count). The van der Waals surface area contributed by atoms with E-state index in [2.05, 4.69) is 5.32 Å². The average Bonchev–Trinajstić information content (AvgIpc) is 2.82. The van der Waals surface area contributed by atoms with E-state index in [0.29, 0.717) is 16.9 Å². The van der Waals surface area contributed by atoms with Crippen LogP contribution in [0.5, 0.6) is 0 Å². The third kappa shape index (κ3) is 1.20. The highest BCUT2D eigenvalue weighted by Crippen LogP contribution is 2.29. The summed E-state index contributed by atoms with van der Waals surface area (Å²) in [6.45, 7) is 0.260. The quantitative estimate of drug-likeness (QED) is 0.730. The first kappa shape index (κ1) is 9.44. The molecule has 0 radical (unpaired) electrons. The van der Waals surface area contributed by atoms with Crippen molar-refractivity contribution < 1.29 is 4.79 Å². The number of anilines is 1. The lowest BCUT2D eigenvalue weighted by molar-refractivity contribution is -0.115. The number of rotatable bonds is 0. The molecule has 17 heavy (non-hydrogen) atoms. The van der Waals surface area contributed by atoms with E-state index < -0.39 is 0 Å². The Morgan fingerprint density at radius 2 is 1.88 bits per heavy atom. The number of nitriles is 2. The van der Waals surface area contributed by atoms with Crippen LogP contribution in [-0.2, 0) is 11.3 Å². The number of carbonyl (C=O) groups is 1. The van der Waals surface area contributed by atoms with Gasteiger partial charge >= 0.3 is 0 Å². The van der Waals surface area contributed by atoms with Gasteiger partial charge in [0.05, 0.1) is 16.6 Å². The van der Waals surface area contributed by atoms with E-state index in [-0.39, 0.29) is 12.5 Å². The SMILES string of the molecule is N#Cc1cc2cc3n(c2cc1C#N)CC(=O)N3. The number of nitrogens with one attached hydrogen (secondary N) is 1. The third-order valence-electron chi connectivity index (χ3n) is 2.85. The van der Waals surface area contributed by atoms with Crippen molar-refractivity contribution in [1.82, 2.24) is 4.57 Å². The van der Waals surface area contributed by atoms with Gasteiger partial charge in [-0.05, 0) is 18.2 Å². The highest BCUT2D eigenvalue weighted by Gasteiger charge is 2.20. The van der Waals surface area contributed by atoms with Crippen LogP contribution in [0.3, 0.4) is 0 Å². The summed E-state index contributed by atoms with van der Waals surface area (Å²) in [6.07, 6.45) is 0. The second-order valence-electron chi connectivity index (χ2n) is 3.84. The Kier molecular flexibility index (Phi) is 1.72. The van der Waals surface area contributed by atoms with Gasteiger partial charge in [-0.1, -0.05) is 0 Å². The number of benzene rings is 1. The second kappa shape index (κ2) is 3.10. The van der Waals surface area contributed by atoms with E-state index in [4.69, 9.17) is 10.5 Å². The van der Waals surface area contributed by atoms with Gasteiger partial charge in [0.25, 0.3) is 0 Å². The molecule has 1 aliphatic rings. The molecule has 2 aromatic rings. The first-order valence-corrected chi connectivity index (χ1v) is 5.00. The lowest BCUT2D eigenvalue weighted by atomic mass is 10.1. The molecule has 0 fully saturated rings. The lowest BCUT2D eigenvalue weighted by Gasteiger charge is -1.99. The number of nitrogens with zero attached hydrogens (tertiary/aromatic N) is 3. The molecule has 1 N–H and O–H groups in total. The van der Waals surface area contributed by atoms with Crippen LogP contribution in [0, 0.1) is 22.7 Å². The van der Waals surface area contributed by atoms with Crippen molar-refractivity contribution >= 4 is 22.6 Å². The van der Waals surface area contributed by atoms with Gasteiger partial charge in [-0.25, -0.2) is 0 Å². The van der Waals surface area contributed by atoms with Crippen molar-refractivity contribution in [3.8, 4) is 12.1 Å². The average molecular weight is 222 g/mol. The van der Waals surface area contributed by atoms with Crippen molar-refractivity contribution in [3.05, 3.63) is 29.3 Å². The maximum atomic E-state index is 11.2. The molecule has 0 aliphatic carbocycles. The zero-order valence-corrected chi connectivity index (χ0v) is 8.69. The zero-order chi connectivity index (χ0) is 12.0. The minimum Gasteiger partial charge on any atom is -0.318 e. The zero-order valence-electron chi connectivity index (χ0n) is 8.69. The highest BCUT2D eigenvalue weighted by molar-refractivity contribution is 6.00. The summed E-state index contributed by atoms with van der Waals surface area (Å²) < 4.78 is 1.81. The Morgan fingerprint density at radius 3 is 2.59 bits per heavy atom. The molecule has 0 saturated carbocycles. The van der Waals surface area contributed by atoms with Gasteiger partial charge in [0.2, 0.25) is 5.91 Å². The third-order valence-corrected chi connectivity index (χ3v) is 2.85. The number of aromatic nitrogens is 1. The topological polar surface area (TPSA) is 81.6 Å². The predicted molar refractivity (Wildman–Crippen MR) is 60.0 cm³/mol. The lowest BCUT2D eigenvalue weighted by Crippen LogP contribution is -2.05. The molecule has 0 unspecified atom stereocenters. The molecule has 0 spiro atoms. The van der Waals surface area contributed by atoms with Gasteiger partial charge < -0.3 is 9.88 Å². The molecule has 1 amide bonds. The fourth-order valence-corrected chi connectivity index (χ4v) is 2.09. The molecule has 0 saturated heterocycles. The minimum absolute atomic E-state index is 0.0650. The fourth-order valence-electron chi connectivity index (χ4n) is 2.09. The van der Waals surface area contributed by atoms with Crippen molar-refractivity contribution in [2.45, 2.75) is 6.54 Å². The molecule has 1 aliphatic heterocycles. The van der Waals surface area contributed by atoms with Gasteiger partial charge in [-0.2, -0.15) is 10.5 Å². The van der Waals surface area contributed by atoms with Gasteiger partial charge in [-0.3, -0.25) is 4.79 Å². The van der Waals surface area contributed by atoms with Gasteiger partial charge in [0.15, 0.2) is 0 Å². The van der Waals surface area contributed by atoms with Gasteiger partial charge in [0.1, 0.15) is 24.5 Å². The van der Waals surface area contributed by atoms with E-state index >= 15 is 0 Å². The summed E-state index contributed by atoms with van der Waals surface area (Å²) in [7, 11) is 0. The Morgan fingerprint density at radius 1 is 1.18 bits per heavy atom. The Bertz CT molecular complexity index is 742. The molecule has 1 aromatic carbocycles. The normalized spacial score (nSPS) is 12.9. The highest BCUT2D eigenvalue weighted by atomic mass is 16.2. The molecular weight excluding hydrogens is 216 g/mol. The number of amides is 1. The van der Waals surface area contributed by atoms with Crippen LogP contribution in [-0.4, -0.2) is 10.5 Å². The fraction of sp³-hybridized carbons (Fsp3) is 0.0833. The Hall–Kier alpha value is -2.79. The van der Waals surface area contributed by atoms with Crippen LogP contribution >= 0.6 is 0 Å². The first-order valence-electron chi connectivity index (χ1n) is 5.00. The van der Waals surface area contributed by atoms with E-state index in [1.165, 1.54) is 0 Å². The predicted octanol–water partition coefficient (Wildman–Crippen LogP) is 1.34. The molecule has 0 atom stereocenters. The molecule has 5 heteroatoms. The summed E-state index contributed by atoms with van der Waals surface area (Å²) in [6, 6.07) is 9.11. The molecule has 2 heterocycles. The molecule has 0 bridgehead atoms. The van der Waals surface area contributed by atoms with E-state index in [9.17, 15) is 4.79 Å². The van der Waals surface area contributed by atoms with Crippen LogP contribution in [0.4, 0.5) is 5.82 Å². The summed E-state index contributed by atoms with van der Waals surface area (Å²) in [5, 5.41) is 21.5. The summed E-state index contributed by atoms with van der Waals surface area (Å²) in [4.78, 5) is 11.2. The van der Waals surface area contributed by atoms with Crippen LogP contribution < -0.4 is 5.32 Å². The number of hydrogen-bond donors (Lipinski definition) is 1. The van der Waals surface area contributed by atoms with Gasteiger partial charge in [-0.15, -0.1) is 0 Å². The first-order chi connectivity index (χ1) is 8.22. The second-order valence-corrected chi connectivity index (χ2v) is 3.84. The van der Waals surface area contributed by atoms with E-state index in [1.54, 1.807) is 16.7 Å². The van der Waals surface area contributed by atoms with Crippen molar-refractivity contribution in [3.63, 3.8) is 0 Å². The summed E-state index contributed by atoms with van der Waals surface area (Å²) in [5.41, 5.74) is 1.49. The van der Waals surface area contributed by atoms with Crippen molar-refractivity contribution in [2.75, 3.05) is 5.32 Å². The molecular formula is C12H6N4O. The van der Waals surface area contributed by atoms with Gasteiger partial charge in [0, 0.05) is 5.39 Å².